The monoisotopic (exact) mass is 626 g/mol. The van der Waals surface area contributed by atoms with E-state index in [4.69, 9.17) is 27.9 Å². The topological polar surface area (TPSA) is 83.8 Å². The van der Waals surface area contributed by atoms with E-state index in [1.807, 2.05) is 69.1 Å². The standard InChI is InChI=1S/C32H40Cl2N6O3/c1-22-8-9-26(30(41)38-16-14-37(15-17-38)20-24-6-5-7-27(33)29(24)34)28(18-22)40-21-25(35-36-40)19-23-10-12-39(13-11-23)31(42)43-32(2,3)4/h5-9,18,21,23H,10-17,19-20H2,1-4H3. The van der Waals surface area contributed by atoms with Crippen LogP contribution in [0.5, 0.6) is 0 Å². The number of piperazine rings is 1. The fraction of sp³-hybridized carbons (Fsp3) is 0.500. The molecule has 2 aliphatic rings. The first-order valence-corrected chi connectivity index (χ1v) is 15.7. The van der Waals surface area contributed by atoms with Crippen molar-refractivity contribution in [1.82, 2.24) is 29.7 Å². The number of rotatable bonds is 6. The van der Waals surface area contributed by atoms with Crippen molar-refractivity contribution in [2.45, 2.75) is 59.1 Å². The summed E-state index contributed by atoms with van der Waals surface area (Å²) in [6, 6.07) is 11.5. The number of ether oxygens (including phenoxy) is 1. The van der Waals surface area contributed by atoms with Crippen molar-refractivity contribution in [2.75, 3.05) is 39.3 Å². The van der Waals surface area contributed by atoms with E-state index in [1.165, 1.54) is 0 Å². The Morgan fingerprint density at radius 3 is 2.40 bits per heavy atom. The molecule has 0 bridgehead atoms. The summed E-state index contributed by atoms with van der Waals surface area (Å²) >= 11 is 12.6. The molecular weight excluding hydrogens is 587 g/mol. The fourth-order valence-corrected chi connectivity index (χ4v) is 6.03. The molecular formula is C32H40Cl2N6O3. The third-order valence-electron chi connectivity index (χ3n) is 8.02. The van der Waals surface area contributed by atoms with Crippen LogP contribution in [0.2, 0.25) is 10.0 Å². The van der Waals surface area contributed by atoms with E-state index in [1.54, 1.807) is 15.6 Å². The molecule has 0 radical (unpaired) electrons. The van der Waals surface area contributed by atoms with Gasteiger partial charge in [0.2, 0.25) is 0 Å². The molecule has 2 fully saturated rings. The molecule has 2 aliphatic heterocycles. The SMILES string of the molecule is Cc1ccc(C(=O)N2CCN(Cc3cccc(Cl)c3Cl)CC2)c(-n2cc(CC3CCN(C(=O)OC(C)(C)C)CC3)nn2)c1. The van der Waals surface area contributed by atoms with Crippen LogP contribution >= 0.6 is 23.2 Å². The van der Waals surface area contributed by atoms with Crippen molar-refractivity contribution in [2.24, 2.45) is 5.92 Å². The molecule has 0 atom stereocenters. The zero-order valence-electron chi connectivity index (χ0n) is 25.4. The Labute approximate surface area is 263 Å². The predicted octanol–water partition coefficient (Wildman–Crippen LogP) is 6.03. The molecule has 2 amide bonds. The van der Waals surface area contributed by atoms with E-state index in [2.05, 4.69) is 15.2 Å². The van der Waals surface area contributed by atoms with Gasteiger partial charge in [0.15, 0.2) is 0 Å². The van der Waals surface area contributed by atoms with Crippen LogP contribution in [-0.2, 0) is 17.7 Å². The smallest absolute Gasteiger partial charge is 0.410 e. The summed E-state index contributed by atoms with van der Waals surface area (Å²) in [5, 5.41) is 10.0. The fourth-order valence-electron chi connectivity index (χ4n) is 5.65. The number of nitrogens with zero attached hydrogens (tertiary/aromatic N) is 6. The van der Waals surface area contributed by atoms with Crippen LogP contribution in [0.3, 0.4) is 0 Å². The van der Waals surface area contributed by atoms with Crippen molar-refractivity contribution in [1.29, 1.82) is 0 Å². The number of carbonyl (C=O) groups excluding carboxylic acids is 2. The van der Waals surface area contributed by atoms with Gasteiger partial charge in [0.1, 0.15) is 5.60 Å². The van der Waals surface area contributed by atoms with Gasteiger partial charge < -0.3 is 14.5 Å². The molecule has 11 heteroatoms. The summed E-state index contributed by atoms with van der Waals surface area (Å²) in [6.45, 7) is 12.4. The van der Waals surface area contributed by atoms with Crippen molar-refractivity contribution in [3.05, 3.63) is 75.0 Å². The van der Waals surface area contributed by atoms with E-state index >= 15 is 0 Å². The van der Waals surface area contributed by atoms with Crippen molar-refractivity contribution < 1.29 is 14.3 Å². The third-order valence-corrected chi connectivity index (χ3v) is 8.88. The summed E-state index contributed by atoms with van der Waals surface area (Å²) in [6.07, 6.45) is 4.22. The molecule has 9 nitrogen and oxygen atoms in total. The summed E-state index contributed by atoms with van der Waals surface area (Å²) in [7, 11) is 0. The van der Waals surface area contributed by atoms with E-state index in [9.17, 15) is 9.59 Å². The Morgan fingerprint density at radius 1 is 0.977 bits per heavy atom. The number of halogens is 2. The van der Waals surface area contributed by atoms with Crippen molar-refractivity contribution in [3.63, 3.8) is 0 Å². The average Bonchev–Trinajstić information content (AvgIpc) is 3.43. The Balaban J connectivity index is 1.20. The first-order valence-electron chi connectivity index (χ1n) is 14.9. The zero-order valence-corrected chi connectivity index (χ0v) is 26.9. The van der Waals surface area contributed by atoms with Gasteiger partial charge in [0.05, 0.1) is 33.2 Å². The van der Waals surface area contributed by atoms with Crippen LogP contribution in [0.1, 0.15) is 60.8 Å². The number of aryl methyl sites for hydroxylation is 1. The van der Waals surface area contributed by atoms with Crippen molar-refractivity contribution >= 4 is 35.2 Å². The van der Waals surface area contributed by atoms with Gasteiger partial charge in [-0.2, -0.15) is 0 Å². The molecule has 0 aliphatic carbocycles. The number of hydrogen-bond donors (Lipinski definition) is 0. The number of hydrogen-bond acceptors (Lipinski definition) is 6. The molecule has 3 aromatic rings. The molecule has 2 aromatic carbocycles. The van der Waals surface area contributed by atoms with Crippen LogP contribution in [-0.4, -0.2) is 86.6 Å². The van der Waals surface area contributed by atoms with Gasteiger partial charge in [-0.1, -0.05) is 46.6 Å². The lowest BCUT2D eigenvalue weighted by atomic mass is 9.92. The quantitative estimate of drug-likeness (QED) is 0.332. The average molecular weight is 628 g/mol. The first kappa shape index (κ1) is 31.3. The molecule has 0 spiro atoms. The molecule has 2 saturated heterocycles. The lowest BCUT2D eigenvalue weighted by Crippen LogP contribution is -2.48. The van der Waals surface area contributed by atoms with E-state index in [0.29, 0.717) is 54.3 Å². The van der Waals surface area contributed by atoms with Gasteiger partial charge in [-0.15, -0.1) is 5.10 Å². The minimum atomic E-state index is -0.497. The second-order valence-corrected chi connectivity index (χ2v) is 13.4. The highest BCUT2D eigenvalue weighted by Crippen LogP contribution is 2.28. The molecule has 0 unspecified atom stereocenters. The van der Waals surface area contributed by atoms with Crippen molar-refractivity contribution in [3.8, 4) is 5.69 Å². The van der Waals surface area contributed by atoms with Gasteiger partial charge in [-0.3, -0.25) is 9.69 Å². The number of aromatic nitrogens is 3. The van der Waals surface area contributed by atoms with E-state index < -0.39 is 5.60 Å². The first-order chi connectivity index (χ1) is 20.5. The van der Waals surface area contributed by atoms with E-state index in [0.717, 1.165) is 54.9 Å². The summed E-state index contributed by atoms with van der Waals surface area (Å²) < 4.78 is 7.25. The van der Waals surface area contributed by atoms with Gasteiger partial charge in [0, 0.05) is 45.8 Å². The van der Waals surface area contributed by atoms with Crippen LogP contribution in [0.15, 0.2) is 42.6 Å². The highest BCUT2D eigenvalue weighted by molar-refractivity contribution is 6.42. The molecule has 43 heavy (non-hydrogen) atoms. The van der Waals surface area contributed by atoms with Crippen LogP contribution in [0, 0.1) is 12.8 Å². The molecule has 1 aromatic heterocycles. The maximum absolute atomic E-state index is 13.7. The molecule has 3 heterocycles. The van der Waals surface area contributed by atoms with Gasteiger partial charge in [-0.25, -0.2) is 9.48 Å². The molecule has 0 N–H and O–H groups in total. The Kier molecular flexibility index (Phi) is 9.63. The summed E-state index contributed by atoms with van der Waals surface area (Å²) in [5.74, 6) is 0.391. The highest BCUT2D eigenvalue weighted by Gasteiger charge is 2.28. The van der Waals surface area contributed by atoms with Gasteiger partial charge in [-0.05, 0) is 82.2 Å². The number of benzene rings is 2. The van der Waals surface area contributed by atoms with Crippen LogP contribution < -0.4 is 0 Å². The number of amides is 2. The second-order valence-electron chi connectivity index (χ2n) is 12.6. The maximum atomic E-state index is 13.7. The zero-order chi connectivity index (χ0) is 30.7. The number of piperidine rings is 1. The Hall–Kier alpha value is -3.14. The molecule has 230 valence electrons. The Morgan fingerprint density at radius 2 is 1.70 bits per heavy atom. The normalized spacial score (nSPS) is 16.9. The van der Waals surface area contributed by atoms with Gasteiger partial charge >= 0.3 is 6.09 Å². The van der Waals surface area contributed by atoms with Crippen LogP contribution in [0.4, 0.5) is 4.79 Å². The number of likely N-dealkylation sites (tertiary alicyclic amines) is 1. The minimum Gasteiger partial charge on any atom is -0.444 e. The molecule has 5 rings (SSSR count). The summed E-state index contributed by atoms with van der Waals surface area (Å²) in [4.78, 5) is 32.1. The Bertz CT molecular complexity index is 1450. The lowest BCUT2D eigenvalue weighted by molar-refractivity contribution is 0.0184. The predicted molar refractivity (Wildman–Crippen MR) is 168 cm³/mol. The van der Waals surface area contributed by atoms with Gasteiger partial charge in [0.25, 0.3) is 5.91 Å². The molecule has 0 saturated carbocycles. The second kappa shape index (κ2) is 13.2. The maximum Gasteiger partial charge on any atom is 0.410 e. The van der Waals surface area contributed by atoms with Crippen LogP contribution in [0.25, 0.3) is 5.69 Å². The lowest BCUT2D eigenvalue weighted by Gasteiger charge is -2.35. The van der Waals surface area contributed by atoms with E-state index in [-0.39, 0.29) is 12.0 Å². The largest absolute Gasteiger partial charge is 0.444 e. The minimum absolute atomic E-state index is 0.0120. The third kappa shape index (κ3) is 7.88. The number of carbonyl (C=O) groups is 2. The highest BCUT2D eigenvalue weighted by atomic mass is 35.5. The summed E-state index contributed by atoms with van der Waals surface area (Å²) in [5.41, 5.74) is 3.76.